The summed E-state index contributed by atoms with van der Waals surface area (Å²) in [7, 11) is 0. The van der Waals surface area contributed by atoms with Gasteiger partial charge in [0.25, 0.3) is 0 Å². The number of aryl methyl sites for hydroxylation is 2. The van der Waals surface area contributed by atoms with Crippen LogP contribution in [0.3, 0.4) is 0 Å². The van der Waals surface area contributed by atoms with E-state index in [9.17, 15) is 4.39 Å². The molecule has 0 radical (unpaired) electrons. The molecule has 1 N–H and O–H groups in total. The van der Waals surface area contributed by atoms with E-state index < -0.39 is 0 Å². The molecule has 0 saturated carbocycles. The molecule has 3 heteroatoms. The number of halogens is 1. The van der Waals surface area contributed by atoms with Gasteiger partial charge < -0.3 is 10.1 Å². The van der Waals surface area contributed by atoms with Gasteiger partial charge in [-0.2, -0.15) is 0 Å². The molecule has 0 bridgehead atoms. The Labute approximate surface area is 128 Å². The van der Waals surface area contributed by atoms with E-state index in [0.717, 1.165) is 37.1 Å². The highest BCUT2D eigenvalue weighted by Gasteiger charge is 2.18. The fraction of sp³-hybridized carbons (Fsp3) is 0.667. The minimum Gasteiger partial charge on any atom is -0.378 e. The molecule has 118 valence electrons. The summed E-state index contributed by atoms with van der Waals surface area (Å²) in [6.07, 6.45) is 6.19. The van der Waals surface area contributed by atoms with Crippen molar-refractivity contribution in [3.8, 4) is 0 Å². The van der Waals surface area contributed by atoms with Gasteiger partial charge in [-0.05, 0) is 69.2 Å². The maximum atomic E-state index is 13.8. The average molecular weight is 293 g/mol. The van der Waals surface area contributed by atoms with Crippen LogP contribution < -0.4 is 5.32 Å². The lowest BCUT2D eigenvalue weighted by Gasteiger charge is -2.26. The van der Waals surface area contributed by atoms with Gasteiger partial charge in [-0.25, -0.2) is 4.39 Å². The molecule has 1 saturated heterocycles. The van der Waals surface area contributed by atoms with Gasteiger partial charge in [0.2, 0.25) is 0 Å². The second-order valence-corrected chi connectivity index (χ2v) is 6.14. The Kier molecular flexibility index (Phi) is 6.19. The van der Waals surface area contributed by atoms with Crippen molar-refractivity contribution in [3.05, 3.63) is 34.6 Å². The third kappa shape index (κ3) is 4.52. The summed E-state index contributed by atoms with van der Waals surface area (Å²) in [5.74, 6) is -0.0791. The molecule has 1 aliphatic heterocycles. The van der Waals surface area contributed by atoms with Crippen molar-refractivity contribution in [2.75, 3.05) is 13.2 Å². The molecule has 1 aromatic carbocycles. The quantitative estimate of drug-likeness (QED) is 0.837. The lowest BCUT2D eigenvalue weighted by molar-refractivity contribution is 0.00856. The minimum atomic E-state index is -0.0791. The van der Waals surface area contributed by atoms with Gasteiger partial charge in [-0.3, -0.25) is 0 Å². The third-order valence-electron chi connectivity index (χ3n) is 4.36. The van der Waals surface area contributed by atoms with E-state index in [-0.39, 0.29) is 5.82 Å². The first-order chi connectivity index (χ1) is 10.1. The van der Waals surface area contributed by atoms with Gasteiger partial charge in [0, 0.05) is 12.6 Å². The van der Waals surface area contributed by atoms with Crippen molar-refractivity contribution in [1.82, 2.24) is 5.32 Å². The minimum absolute atomic E-state index is 0.0791. The summed E-state index contributed by atoms with van der Waals surface area (Å²) in [5, 5.41) is 3.53. The van der Waals surface area contributed by atoms with Gasteiger partial charge in [-0.15, -0.1) is 0 Å². The van der Waals surface area contributed by atoms with Crippen LogP contribution >= 0.6 is 0 Å². The largest absolute Gasteiger partial charge is 0.378 e. The van der Waals surface area contributed by atoms with Gasteiger partial charge >= 0.3 is 0 Å². The summed E-state index contributed by atoms with van der Waals surface area (Å²) in [5.41, 5.74) is 2.67. The zero-order chi connectivity index (χ0) is 15.2. The van der Waals surface area contributed by atoms with Crippen molar-refractivity contribution in [3.63, 3.8) is 0 Å². The molecule has 21 heavy (non-hydrogen) atoms. The molecule has 0 aromatic heterocycles. The monoisotopic (exact) mass is 293 g/mol. The van der Waals surface area contributed by atoms with Crippen LogP contribution in [0.4, 0.5) is 4.39 Å². The maximum Gasteiger partial charge on any atom is 0.129 e. The molecule has 1 aromatic rings. The molecule has 0 spiro atoms. The van der Waals surface area contributed by atoms with E-state index in [2.05, 4.69) is 12.2 Å². The molecule has 2 atom stereocenters. The van der Waals surface area contributed by atoms with Crippen molar-refractivity contribution in [2.45, 2.75) is 65.0 Å². The van der Waals surface area contributed by atoms with Crippen LogP contribution in [0.25, 0.3) is 0 Å². The summed E-state index contributed by atoms with van der Waals surface area (Å²) in [4.78, 5) is 0. The normalized spacial score (nSPS) is 20.5. The Morgan fingerprint density at radius 3 is 2.57 bits per heavy atom. The van der Waals surface area contributed by atoms with Crippen LogP contribution in [0.15, 0.2) is 12.1 Å². The lowest BCUT2D eigenvalue weighted by Crippen LogP contribution is -2.25. The smallest absolute Gasteiger partial charge is 0.129 e. The topological polar surface area (TPSA) is 21.3 Å². The molecule has 2 nitrogen and oxygen atoms in total. The number of ether oxygens (including phenoxy) is 1. The zero-order valence-corrected chi connectivity index (χ0v) is 13.5. The Balaban J connectivity index is 2.03. The number of hydrogen-bond donors (Lipinski definition) is 1. The molecular weight excluding hydrogens is 265 g/mol. The van der Waals surface area contributed by atoms with Crippen LogP contribution in [-0.4, -0.2) is 19.3 Å². The second kappa shape index (κ2) is 7.90. The van der Waals surface area contributed by atoms with E-state index in [4.69, 9.17) is 4.74 Å². The van der Waals surface area contributed by atoms with Crippen LogP contribution in [0.5, 0.6) is 0 Å². The van der Waals surface area contributed by atoms with Crippen molar-refractivity contribution in [2.24, 2.45) is 0 Å². The van der Waals surface area contributed by atoms with Gasteiger partial charge in [-0.1, -0.05) is 19.1 Å². The first-order valence-electron chi connectivity index (χ1n) is 8.23. The highest BCUT2D eigenvalue weighted by Crippen LogP contribution is 2.26. The summed E-state index contributed by atoms with van der Waals surface area (Å²) >= 11 is 0. The number of hydrogen-bond acceptors (Lipinski definition) is 2. The highest BCUT2D eigenvalue weighted by molar-refractivity contribution is 5.32. The van der Waals surface area contributed by atoms with Gasteiger partial charge in [0.15, 0.2) is 0 Å². The molecule has 1 aliphatic rings. The standard InChI is InChI=1S/C18H28FNO/c1-4-20-17(9-8-16-7-5-6-10-21-16)15-11-13(2)18(19)14(3)12-15/h11-12,16-17,20H,4-10H2,1-3H3. The van der Waals surface area contributed by atoms with Crippen molar-refractivity contribution < 1.29 is 9.13 Å². The summed E-state index contributed by atoms with van der Waals surface area (Å²) in [6, 6.07) is 4.26. The average Bonchev–Trinajstić information content (AvgIpc) is 2.49. The van der Waals surface area contributed by atoms with E-state index in [1.165, 1.54) is 24.8 Å². The van der Waals surface area contributed by atoms with Gasteiger partial charge in [0.1, 0.15) is 5.82 Å². The van der Waals surface area contributed by atoms with Crippen molar-refractivity contribution in [1.29, 1.82) is 0 Å². The second-order valence-electron chi connectivity index (χ2n) is 6.14. The van der Waals surface area contributed by atoms with E-state index in [0.29, 0.717) is 12.1 Å². The Hall–Kier alpha value is -0.930. The third-order valence-corrected chi connectivity index (χ3v) is 4.36. The fourth-order valence-electron chi connectivity index (χ4n) is 3.20. The van der Waals surface area contributed by atoms with Gasteiger partial charge in [0.05, 0.1) is 6.10 Å². The molecular formula is C18H28FNO. The first-order valence-corrected chi connectivity index (χ1v) is 8.23. The molecule has 1 fully saturated rings. The Bertz CT molecular complexity index is 432. The number of nitrogens with one attached hydrogen (secondary N) is 1. The Morgan fingerprint density at radius 1 is 1.29 bits per heavy atom. The zero-order valence-electron chi connectivity index (χ0n) is 13.5. The molecule has 0 amide bonds. The molecule has 1 heterocycles. The summed E-state index contributed by atoms with van der Waals surface area (Å²) < 4.78 is 19.6. The van der Waals surface area contributed by atoms with Crippen LogP contribution in [0, 0.1) is 19.7 Å². The maximum absolute atomic E-state index is 13.8. The molecule has 2 rings (SSSR count). The fourth-order valence-corrected chi connectivity index (χ4v) is 3.20. The van der Waals surface area contributed by atoms with Crippen LogP contribution in [-0.2, 0) is 4.74 Å². The SMILES string of the molecule is CCNC(CCC1CCCCO1)c1cc(C)c(F)c(C)c1. The predicted octanol–water partition coefficient (Wildman–Crippen LogP) is 4.44. The lowest BCUT2D eigenvalue weighted by atomic mass is 9.94. The van der Waals surface area contributed by atoms with Crippen LogP contribution in [0.1, 0.15) is 61.8 Å². The van der Waals surface area contributed by atoms with Crippen molar-refractivity contribution >= 4 is 0 Å². The number of rotatable bonds is 6. The predicted molar refractivity (Wildman–Crippen MR) is 85.1 cm³/mol. The molecule has 0 aliphatic carbocycles. The van der Waals surface area contributed by atoms with Crippen LogP contribution in [0.2, 0.25) is 0 Å². The van der Waals surface area contributed by atoms with E-state index >= 15 is 0 Å². The highest BCUT2D eigenvalue weighted by atomic mass is 19.1. The Morgan fingerprint density at radius 2 is 2.00 bits per heavy atom. The summed E-state index contributed by atoms with van der Waals surface area (Å²) in [6.45, 7) is 7.64. The van der Waals surface area contributed by atoms with E-state index in [1.807, 2.05) is 26.0 Å². The van der Waals surface area contributed by atoms with E-state index in [1.54, 1.807) is 0 Å². The first kappa shape index (κ1) is 16.4. The number of benzene rings is 1. The molecule has 2 unspecified atom stereocenters.